The van der Waals surface area contributed by atoms with Crippen LogP contribution in [0.5, 0.6) is 5.75 Å². The Hall–Kier alpha value is -4.12. The summed E-state index contributed by atoms with van der Waals surface area (Å²) in [6, 6.07) is 18.2. The highest BCUT2D eigenvalue weighted by molar-refractivity contribution is 6.30. The summed E-state index contributed by atoms with van der Waals surface area (Å²) >= 11 is 6.05. The van der Waals surface area contributed by atoms with E-state index in [1.54, 1.807) is 30.3 Å². The maximum Gasteiger partial charge on any atom is 0.461 e. The first-order valence-corrected chi connectivity index (χ1v) is 11.3. The molecule has 0 fully saturated rings. The summed E-state index contributed by atoms with van der Waals surface area (Å²) < 4.78 is 57.4. The average Bonchev–Trinajstić information content (AvgIpc) is 3.37. The van der Waals surface area contributed by atoms with E-state index in [1.807, 2.05) is 18.2 Å². The third-order valence-electron chi connectivity index (χ3n) is 5.38. The summed E-state index contributed by atoms with van der Waals surface area (Å²) in [5.74, 6) is -0.299. The fraction of sp³-hybridized carbons (Fsp3) is 0.160. The molecule has 0 spiro atoms. The first kappa shape index (κ1) is 26.0. The van der Waals surface area contributed by atoms with Gasteiger partial charge < -0.3 is 10.1 Å². The summed E-state index contributed by atoms with van der Waals surface area (Å²) in [5.41, 5.74) is -0.184. The van der Waals surface area contributed by atoms with E-state index in [9.17, 15) is 22.4 Å². The van der Waals surface area contributed by atoms with E-state index >= 15 is 0 Å². The maximum atomic E-state index is 13.7. The molecule has 0 saturated heterocycles. The molecule has 1 atom stereocenters. The lowest BCUT2D eigenvalue weighted by Crippen LogP contribution is -2.50. The number of nitrogens with zero attached hydrogens (tertiary/aromatic N) is 2. The molecule has 0 aliphatic heterocycles. The molecule has 4 rings (SSSR count). The number of carbonyl (C=O) groups excluding carboxylic acids is 1. The van der Waals surface area contributed by atoms with Crippen molar-refractivity contribution in [3.8, 4) is 5.75 Å². The largest absolute Gasteiger partial charge is 0.461 e. The van der Waals surface area contributed by atoms with Crippen LogP contribution in [-0.4, -0.2) is 33.7 Å². The summed E-state index contributed by atoms with van der Waals surface area (Å²) in [5, 5.41) is 12.3. The maximum absolute atomic E-state index is 13.7. The van der Waals surface area contributed by atoms with Crippen LogP contribution in [0.4, 0.5) is 28.2 Å². The molecule has 0 saturated carbocycles. The molecule has 2 aromatic carbocycles. The van der Waals surface area contributed by atoms with E-state index < -0.39 is 29.9 Å². The predicted molar refractivity (Wildman–Crippen MR) is 129 cm³/mol. The number of aromatic amines is 1. The minimum Gasteiger partial charge on any atom is -0.428 e. The van der Waals surface area contributed by atoms with Gasteiger partial charge in [0.2, 0.25) is 0 Å². The number of amides is 2. The van der Waals surface area contributed by atoms with E-state index in [0.29, 0.717) is 10.7 Å². The van der Waals surface area contributed by atoms with Crippen molar-refractivity contribution in [3.63, 3.8) is 0 Å². The number of halogens is 5. The van der Waals surface area contributed by atoms with Crippen LogP contribution < -0.4 is 15.4 Å². The Bertz CT molecular complexity index is 1320. The van der Waals surface area contributed by atoms with Crippen LogP contribution in [0.3, 0.4) is 0 Å². The third-order valence-corrected chi connectivity index (χ3v) is 5.60. The molecule has 37 heavy (non-hydrogen) atoms. The molecular formula is C25H20ClF4N5O2. The zero-order chi connectivity index (χ0) is 26.5. The number of hydrogen-bond acceptors (Lipinski definition) is 4. The molecule has 2 heterocycles. The average molecular weight is 534 g/mol. The van der Waals surface area contributed by atoms with Crippen LogP contribution >= 0.6 is 11.6 Å². The molecule has 2 aromatic heterocycles. The molecule has 0 radical (unpaired) electrons. The summed E-state index contributed by atoms with van der Waals surface area (Å²) in [7, 11) is 0. The van der Waals surface area contributed by atoms with Crippen LogP contribution in [0, 0.1) is 0 Å². The number of aromatic nitrogens is 3. The van der Waals surface area contributed by atoms with E-state index in [2.05, 4.69) is 30.6 Å². The Morgan fingerprint density at radius 1 is 1.05 bits per heavy atom. The second-order valence-electron chi connectivity index (χ2n) is 7.96. The van der Waals surface area contributed by atoms with Gasteiger partial charge in [-0.1, -0.05) is 54.1 Å². The molecule has 3 N–H and O–H groups in total. The Balaban J connectivity index is 1.85. The van der Waals surface area contributed by atoms with Crippen LogP contribution in [0.1, 0.15) is 16.8 Å². The Morgan fingerprint density at radius 3 is 2.49 bits per heavy atom. The van der Waals surface area contributed by atoms with Crippen LogP contribution in [0.25, 0.3) is 0 Å². The van der Waals surface area contributed by atoms with Crippen molar-refractivity contribution in [2.24, 2.45) is 0 Å². The highest BCUT2D eigenvalue weighted by atomic mass is 35.5. The molecule has 2 amide bonds. The lowest BCUT2D eigenvalue weighted by molar-refractivity contribution is -0.253. The van der Waals surface area contributed by atoms with Crippen LogP contribution in [-0.2, 0) is 12.0 Å². The van der Waals surface area contributed by atoms with E-state index in [0.717, 1.165) is 17.7 Å². The number of pyridine rings is 1. The van der Waals surface area contributed by atoms with Crippen molar-refractivity contribution in [2.75, 3.05) is 5.32 Å². The van der Waals surface area contributed by atoms with Gasteiger partial charge in [-0.2, -0.15) is 22.7 Å². The van der Waals surface area contributed by atoms with Gasteiger partial charge in [0.25, 0.3) is 0 Å². The molecule has 4 aromatic rings. The van der Waals surface area contributed by atoms with Crippen LogP contribution in [0.15, 0.2) is 85.2 Å². The number of anilines is 1. The van der Waals surface area contributed by atoms with Gasteiger partial charge in [-0.25, -0.2) is 4.79 Å². The van der Waals surface area contributed by atoms with E-state index in [4.69, 9.17) is 11.6 Å². The van der Waals surface area contributed by atoms with Gasteiger partial charge in [0.05, 0.1) is 10.7 Å². The molecule has 0 bridgehead atoms. The lowest BCUT2D eigenvalue weighted by atomic mass is 9.80. The fourth-order valence-electron chi connectivity index (χ4n) is 3.75. The Labute approximate surface area is 213 Å². The van der Waals surface area contributed by atoms with Gasteiger partial charge in [0.1, 0.15) is 11.3 Å². The molecular weight excluding hydrogens is 514 g/mol. The molecule has 12 heteroatoms. The topological polar surface area (TPSA) is 91.9 Å². The highest BCUT2D eigenvalue weighted by Crippen LogP contribution is 2.36. The molecule has 0 aliphatic rings. The van der Waals surface area contributed by atoms with E-state index in [1.165, 1.54) is 24.5 Å². The second-order valence-corrected chi connectivity index (χ2v) is 8.40. The van der Waals surface area contributed by atoms with Crippen molar-refractivity contribution in [3.05, 3.63) is 107 Å². The van der Waals surface area contributed by atoms with Crippen molar-refractivity contribution in [1.82, 2.24) is 20.5 Å². The minimum atomic E-state index is -4.72. The number of alkyl halides is 4. The summed E-state index contributed by atoms with van der Waals surface area (Å²) in [6.07, 6.45) is -5.77. The molecule has 0 aliphatic carbocycles. The lowest BCUT2D eigenvalue weighted by Gasteiger charge is -2.35. The zero-order valence-corrected chi connectivity index (χ0v) is 19.7. The van der Waals surface area contributed by atoms with Gasteiger partial charge in [0, 0.05) is 24.9 Å². The van der Waals surface area contributed by atoms with Crippen molar-refractivity contribution >= 4 is 23.4 Å². The second kappa shape index (κ2) is 10.9. The van der Waals surface area contributed by atoms with Crippen molar-refractivity contribution in [1.29, 1.82) is 0 Å². The molecule has 7 nitrogen and oxygen atoms in total. The van der Waals surface area contributed by atoms with Gasteiger partial charge in [-0.3, -0.25) is 15.4 Å². The van der Waals surface area contributed by atoms with Gasteiger partial charge in [-0.15, -0.1) is 0 Å². The standard InChI is InChI=1S/C25H20ClF4N5O2/c26-18-9-10-20(31-15-18)24(14-16-5-2-1-3-6-16,34-23(36)33-21-11-12-32-35-21)17-7-4-8-19(13-17)37-25(29,30)22(27)28/h1-13,15,22H,14H2,(H3,32,33,34,35,36). The summed E-state index contributed by atoms with van der Waals surface area (Å²) in [6.45, 7) is 0. The Kier molecular flexibility index (Phi) is 7.63. The summed E-state index contributed by atoms with van der Waals surface area (Å²) in [4.78, 5) is 17.6. The normalized spacial score (nSPS) is 13.1. The van der Waals surface area contributed by atoms with Gasteiger partial charge >= 0.3 is 18.6 Å². The number of ether oxygens (including phenoxy) is 1. The number of hydrogen-bond donors (Lipinski definition) is 3. The quantitative estimate of drug-likeness (QED) is 0.230. The number of nitrogens with one attached hydrogen (secondary N) is 3. The first-order valence-electron chi connectivity index (χ1n) is 10.9. The van der Waals surface area contributed by atoms with Crippen LogP contribution in [0.2, 0.25) is 5.02 Å². The molecule has 192 valence electrons. The zero-order valence-electron chi connectivity index (χ0n) is 19.0. The van der Waals surface area contributed by atoms with E-state index in [-0.39, 0.29) is 17.8 Å². The van der Waals surface area contributed by atoms with Gasteiger partial charge in [-0.05, 0) is 35.4 Å². The predicted octanol–water partition coefficient (Wildman–Crippen LogP) is 6.00. The number of urea groups is 1. The minimum absolute atomic E-state index is 0.102. The SMILES string of the molecule is O=C(Nc1cc[nH]n1)NC(Cc1ccccc1)(c1cccc(OC(F)(F)C(F)F)c1)c1ccc(Cl)cn1. The number of rotatable bonds is 9. The number of carbonyl (C=O) groups is 1. The van der Waals surface area contributed by atoms with Crippen molar-refractivity contribution in [2.45, 2.75) is 24.5 Å². The number of benzene rings is 2. The highest BCUT2D eigenvalue weighted by Gasteiger charge is 2.44. The molecule has 1 unspecified atom stereocenters. The third kappa shape index (κ3) is 6.18. The van der Waals surface area contributed by atoms with Crippen molar-refractivity contribution < 1.29 is 27.1 Å². The Morgan fingerprint density at radius 2 is 1.84 bits per heavy atom. The first-order chi connectivity index (χ1) is 17.7. The number of H-pyrrole nitrogens is 1. The smallest absolute Gasteiger partial charge is 0.428 e. The monoisotopic (exact) mass is 533 g/mol. The fourth-order valence-corrected chi connectivity index (χ4v) is 3.86. The van der Waals surface area contributed by atoms with Gasteiger partial charge in [0.15, 0.2) is 5.82 Å².